The van der Waals surface area contributed by atoms with Gasteiger partial charge in [0, 0.05) is 25.2 Å². The Morgan fingerprint density at radius 3 is 2.41 bits per heavy atom. The van der Waals surface area contributed by atoms with Crippen molar-refractivity contribution in [3.05, 3.63) is 23.3 Å². The first-order valence-corrected chi connectivity index (χ1v) is 10.1. The van der Waals surface area contributed by atoms with Crippen LogP contribution in [0.3, 0.4) is 0 Å². The van der Waals surface area contributed by atoms with E-state index in [1.807, 2.05) is 26.8 Å². The zero-order chi connectivity index (χ0) is 20.2. The monoisotopic (exact) mass is 376 g/mol. The van der Waals surface area contributed by atoms with Gasteiger partial charge in [0.25, 0.3) is 0 Å². The van der Waals surface area contributed by atoms with E-state index < -0.39 is 5.60 Å². The first kappa shape index (κ1) is 21.5. The van der Waals surface area contributed by atoms with Crippen molar-refractivity contribution in [2.24, 2.45) is 5.41 Å². The molecule has 1 N–H and O–H groups in total. The second-order valence-electron chi connectivity index (χ2n) is 9.52. The van der Waals surface area contributed by atoms with Gasteiger partial charge in [0.15, 0.2) is 0 Å². The summed E-state index contributed by atoms with van der Waals surface area (Å²) < 4.78 is 5.41. The summed E-state index contributed by atoms with van der Waals surface area (Å²) in [6.07, 6.45) is 8.42. The molecule has 1 heterocycles. The van der Waals surface area contributed by atoms with Crippen LogP contribution < -0.4 is 5.32 Å². The summed E-state index contributed by atoms with van der Waals surface area (Å²) in [6.45, 7) is 13.5. The zero-order valence-corrected chi connectivity index (χ0v) is 17.9. The van der Waals surface area contributed by atoms with Crippen molar-refractivity contribution in [1.82, 2.24) is 10.2 Å². The lowest BCUT2D eigenvalue weighted by atomic mass is 9.72. The van der Waals surface area contributed by atoms with Crippen LogP contribution in [0.25, 0.3) is 0 Å². The van der Waals surface area contributed by atoms with Crippen LogP contribution in [-0.2, 0) is 9.53 Å². The number of carbonyl (C=O) groups is 2. The molecule has 0 radical (unpaired) electrons. The predicted molar refractivity (Wildman–Crippen MR) is 108 cm³/mol. The van der Waals surface area contributed by atoms with Gasteiger partial charge in [0.1, 0.15) is 5.60 Å². The van der Waals surface area contributed by atoms with E-state index in [4.69, 9.17) is 4.74 Å². The fraction of sp³-hybridized carbons (Fsp3) is 0.727. The fourth-order valence-electron chi connectivity index (χ4n) is 3.95. The second-order valence-corrected chi connectivity index (χ2v) is 9.52. The van der Waals surface area contributed by atoms with Gasteiger partial charge in [-0.1, -0.05) is 25.5 Å². The van der Waals surface area contributed by atoms with E-state index in [0.29, 0.717) is 13.1 Å². The van der Waals surface area contributed by atoms with Crippen molar-refractivity contribution < 1.29 is 14.3 Å². The summed E-state index contributed by atoms with van der Waals surface area (Å²) in [5.41, 5.74) is 2.34. The van der Waals surface area contributed by atoms with Gasteiger partial charge >= 0.3 is 6.09 Å². The maximum atomic E-state index is 12.3. The SMILES string of the molecule is CC1=C(C=CC(=O)NC2CCN(C(=O)OC(C)(C)C)CC2)C(C)(C)CCC1. The Labute approximate surface area is 164 Å². The Morgan fingerprint density at radius 2 is 1.85 bits per heavy atom. The van der Waals surface area contributed by atoms with Crippen LogP contribution in [0.5, 0.6) is 0 Å². The number of rotatable bonds is 3. The molecular formula is C22H36N2O3. The van der Waals surface area contributed by atoms with Crippen LogP contribution in [0.4, 0.5) is 4.79 Å². The molecule has 0 atom stereocenters. The van der Waals surface area contributed by atoms with E-state index in [1.165, 1.54) is 17.6 Å². The summed E-state index contributed by atoms with van der Waals surface area (Å²) in [5.74, 6) is -0.0487. The first-order valence-electron chi connectivity index (χ1n) is 10.1. The average molecular weight is 377 g/mol. The number of hydrogen-bond acceptors (Lipinski definition) is 3. The molecule has 1 aliphatic carbocycles. The molecule has 1 fully saturated rings. The average Bonchev–Trinajstić information content (AvgIpc) is 2.52. The Morgan fingerprint density at radius 1 is 1.22 bits per heavy atom. The topological polar surface area (TPSA) is 58.6 Å². The molecule has 2 aliphatic rings. The molecule has 1 aliphatic heterocycles. The van der Waals surface area contributed by atoms with Crippen molar-refractivity contribution in [1.29, 1.82) is 0 Å². The van der Waals surface area contributed by atoms with Gasteiger partial charge < -0.3 is 15.0 Å². The molecule has 27 heavy (non-hydrogen) atoms. The van der Waals surface area contributed by atoms with Crippen molar-refractivity contribution in [2.45, 2.75) is 85.3 Å². The van der Waals surface area contributed by atoms with E-state index in [0.717, 1.165) is 25.7 Å². The quantitative estimate of drug-likeness (QED) is 0.733. The van der Waals surface area contributed by atoms with E-state index in [1.54, 1.807) is 11.0 Å². The molecule has 0 unspecified atom stereocenters. The smallest absolute Gasteiger partial charge is 0.410 e. The first-order chi connectivity index (χ1) is 12.5. The van der Waals surface area contributed by atoms with E-state index >= 15 is 0 Å². The van der Waals surface area contributed by atoms with Gasteiger partial charge in [-0.2, -0.15) is 0 Å². The number of nitrogens with zero attached hydrogens (tertiary/aromatic N) is 1. The molecule has 2 rings (SSSR count). The molecule has 0 saturated carbocycles. The van der Waals surface area contributed by atoms with Crippen LogP contribution in [0.2, 0.25) is 0 Å². The third-order valence-corrected chi connectivity index (χ3v) is 5.44. The largest absolute Gasteiger partial charge is 0.444 e. The van der Waals surface area contributed by atoms with Gasteiger partial charge in [-0.25, -0.2) is 4.79 Å². The van der Waals surface area contributed by atoms with Crippen LogP contribution in [0.1, 0.15) is 73.6 Å². The standard InChI is InChI=1S/C22H36N2O3/c1-16-8-7-13-22(5,6)18(16)9-10-19(25)23-17-11-14-24(15-12-17)20(26)27-21(2,3)4/h9-10,17H,7-8,11-15H2,1-6H3,(H,23,25). The summed E-state index contributed by atoms with van der Waals surface area (Å²) in [4.78, 5) is 26.2. The van der Waals surface area contributed by atoms with E-state index in [9.17, 15) is 9.59 Å². The van der Waals surface area contributed by atoms with Crippen LogP contribution >= 0.6 is 0 Å². The lowest BCUT2D eigenvalue weighted by molar-refractivity contribution is -0.117. The van der Waals surface area contributed by atoms with E-state index in [-0.39, 0.29) is 23.5 Å². The third-order valence-electron chi connectivity index (χ3n) is 5.44. The lowest BCUT2D eigenvalue weighted by Gasteiger charge is -2.34. The van der Waals surface area contributed by atoms with Gasteiger partial charge in [-0.15, -0.1) is 0 Å². The number of ether oxygens (including phenoxy) is 1. The van der Waals surface area contributed by atoms with Crippen LogP contribution in [0.15, 0.2) is 23.3 Å². The summed E-state index contributed by atoms with van der Waals surface area (Å²) in [6, 6.07) is 0.107. The molecule has 5 heteroatoms. The highest BCUT2D eigenvalue weighted by atomic mass is 16.6. The fourth-order valence-corrected chi connectivity index (χ4v) is 3.95. The van der Waals surface area contributed by atoms with Gasteiger partial charge in [0.2, 0.25) is 5.91 Å². The highest BCUT2D eigenvalue weighted by molar-refractivity contribution is 5.88. The number of piperidine rings is 1. The highest BCUT2D eigenvalue weighted by Crippen LogP contribution is 2.40. The summed E-state index contributed by atoms with van der Waals surface area (Å²) in [5, 5.41) is 3.08. The van der Waals surface area contributed by atoms with Crippen molar-refractivity contribution >= 4 is 12.0 Å². The van der Waals surface area contributed by atoms with E-state index in [2.05, 4.69) is 26.1 Å². The minimum atomic E-state index is -0.480. The van der Waals surface area contributed by atoms with Crippen molar-refractivity contribution in [3.8, 4) is 0 Å². The Kier molecular flexibility index (Phi) is 6.77. The molecule has 0 aromatic rings. The van der Waals surface area contributed by atoms with Crippen molar-refractivity contribution in [3.63, 3.8) is 0 Å². The Bertz CT molecular complexity index is 618. The molecule has 0 bridgehead atoms. The van der Waals surface area contributed by atoms with Crippen LogP contribution in [-0.4, -0.2) is 41.6 Å². The molecule has 1 saturated heterocycles. The second kappa shape index (κ2) is 8.49. The maximum Gasteiger partial charge on any atom is 0.410 e. The Balaban J connectivity index is 1.83. The minimum Gasteiger partial charge on any atom is -0.444 e. The Hall–Kier alpha value is -1.78. The molecule has 5 nitrogen and oxygen atoms in total. The molecular weight excluding hydrogens is 340 g/mol. The number of likely N-dealkylation sites (tertiary alicyclic amines) is 1. The van der Waals surface area contributed by atoms with Gasteiger partial charge in [0.05, 0.1) is 0 Å². The minimum absolute atomic E-state index is 0.0487. The lowest BCUT2D eigenvalue weighted by Crippen LogP contribution is -2.47. The summed E-state index contributed by atoms with van der Waals surface area (Å²) in [7, 11) is 0. The third kappa shape index (κ3) is 6.40. The number of nitrogens with one attached hydrogen (secondary N) is 1. The zero-order valence-electron chi connectivity index (χ0n) is 17.9. The number of hydrogen-bond donors (Lipinski definition) is 1. The number of allylic oxidation sites excluding steroid dienone is 3. The molecule has 0 aromatic heterocycles. The highest BCUT2D eigenvalue weighted by Gasteiger charge is 2.28. The maximum absolute atomic E-state index is 12.3. The van der Waals surface area contributed by atoms with Crippen LogP contribution in [0, 0.1) is 5.41 Å². The van der Waals surface area contributed by atoms with Gasteiger partial charge in [-0.3, -0.25) is 4.79 Å². The molecule has 0 aromatic carbocycles. The van der Waals surface area contributed by atoms with Crippen molar-refractivity contribution in [2.75, 3.05) is 13.1 Å². The predicted octanol–water partition coefficient (Wildman–Crippen LogP) is 4.58. The normalized spacial score (nSPS) is 21.5. The molecule has 0 spiro atoms. The summed E-state index contributed by atoms with van der Waals surface area (Å²) >= 11 is 0. The number of carbonyl (C=O) groups excluding carboxylic acids is 2. The molecule has 152 valence electrons. The van der Waals surface area contributed by atoms with Gasteiger partial charge in [-0.05, 0) is 70.8 Å². The number of amides is 2. The molecule has 2 amide bonds.